The molecule has 0 saturated carbocycles. The number of para-hydroxylation sites is 1. The molecule has 13 nitrogen and oxygen atoms in total. The Labute approximate surface area is 169 Å². The number of carboxylic acids is 1. The first-order chi connectivity index (χ1) is 14.2. The van der Waals surface area contributed by atoms with Crippen LogP contribution in [0.2, 0.25) is 0 Å². The standard InChI is InChI=1S/C16H16N6O7S/c1-22-9-7-5-4-6-8(9)11(10(22)12(23)24)30(26,27)21-14(25)17-13-18-15(28-2)20-16(19-13)29-3/h4-7H,1-3H3,(H,23,24)(H2,17,18,19,20,21,25). The van der Waals surface area contributed by atoms with Crippen LogP contribution in [-0.4, -0.2) is 59.3 Å². The third kappa shape index (κ3) is 3.80. The average molecular weight is 436 g/mol. The Morgan fingerprint density at radius 1 is 1.07 bits per heavy atom. The number of methoxy groups -OCH3 is 2. The van der Waals surface area contributed by atoms with Gasteiger partial charge in [-0.1, -0.05) is 18.2 Å². The summed E-state index contributed by atoms with van der Waals surface area (Å²) in [4.78, 5) is 34.7. The van der Waals surface area contributed by atoms with E-state index >= 15 is 0 Å². The maximum Gasteiger partial charge on any atom is 0.353 e. The summed E-state index contributed by atoms with van der Waals surface area (Å²) in [5.41, 5.74) is -0.136. The molecule has 14 heteroatoms. The number of anilines is 1. The van der Waals surface area contributed by atoms with Crippen LogP contribution in [-0.2, 0) is 17.1 Å². The van der Waals surface area contributed by atoms with Crippen LogP contribution in [0.1, 0.15) is 10.5 Å². The number of fused-ring (bicyclic) bond motifs is 1. The molecular formula is C16H16N6O7S. The van der Waals surface area contributed by atoms with Gasteiger partial charge in [0.2, 0.25) is 5.95 Å². The first kappa shape index (κ1) is 20.8. The highest BCUT2D eigenvalue weighted by molar-refractivity contribution is 7.90. The molecule has 0 saturated heterocycles. The van der Waals surface area contributed by atoms with E-state index < -0.39 is 32.6 Å². The summed E-state index contributed by atoms with van der Waals surface area (Å²) in [6, 6.07) is 4.60. The van der Waals surface area contributed by atoms with Crippen LogP contribution in [0.15, 0.2) is 29.2 Å². The van der Waals surface area contributed by atoms with Crippen LogP contribution in [0, 0.1) is 0 Å². The van der Waals surface area contributed by atoms with Crippen molar-refractivity contribution in [1.29, 1.82) is 0 Å². The normalized spacial score (nSPS) is 11.2. The largest absolute Gasteiger partial charge is 0.477 e. The van der Waals surface area contributed by atoms with Crippen LogP contribution in [0.5, 0.6) is 12.0 Å². The van der Waals surface area contributed by atoms with Gasteiger partial charge >= 0.3 is 24.0 Å². The van der Waals surface area contributed by atoms with Crippen molar-refractivity contribution < 1.29 is 32.6 Å². The fourth-order valence-electron chi connectivity index (χ4n) is 2.75. The zero-order valence-corrected chi connectivity index (χ0v) is 16.7. The number of nitrogens with one attached hydrogen (secondary N) is 2. The molecular weight excluding hydrogens is 420 g/mol. The van der Waals surface area contributed by atoms with E-state index in [0.717, 1.165) is 0 Å². The number of ether oxygens (including phenoxy) is 2. The molecule has 0 radical (unpaired) electrons. The Bertz CT molecular complexity index is 1230. The molecule has 0 atom stereocenters. The molecule has 3 N–H and O–H groups in total. The molecule has 30 heavy (non-hydrogen) atoms. The van der Waals surface area contributed by atoms with Crippen LogP contribution in [0.25, 0.3) is 10.9 Å². The van der Waals surface area contributed by atoms with E-state index in [9.17, 15) is 23.1 Å². The van der Waals surface area contributed by atoms with Crippen LogP contribution < -0.4 is 19.5 Å². The van der Waals surface area contributed by atoms with Crippen molar-refractivity contribution >= 4 is 38.9 Å². The summed E-state index contributed by atoms with van der Waals surface area (Å²) in [6.07, 6.45) is 0. The van der Waals surface area contributed by atoms with Gasteiger partial charge in [0.15, 0.2) is 0 Å². The van der Waals surface area contributed by atoms with E-state index in [1.54, 1.807) is 22.9 Å². The number of benzene rings is 1. The summed E-state index contributed by atoms with van der Waals surface area (Å²) in [5, 5.41) is 11.8. The Hall–Kier alpha value is -3.94. The number of hydrogen-bond acceptors (Lipinski definition) is 9. The zero-order valence-electron chi connectivity index (χ0n) is 15.9. The second-order valence-electron chi connectivity index (χ2n) is 5.75. The van der Waals surface area contributed by atoms with Gasteiger partial charge in [-0.3, -0.25) is 5.32 Å². The zero-order chi connectivity index (χ0) is 22.1. The lowest BCUT2D eigenvalue weighted by molar-refractivity contribution is 0.0682. The molecule has 0 aliphatic rings. The van der Waals surface area contributed by atoms with Gasteiger partial charge in [0, 0.05) is 18.0 Å². The molecule has 1 aromatic carbocycles. The van der Waals surface area contributed by atoms with Gasteiger partial charge in [-0.05, 0) is 6.07 Å². The number of aryl methyl sites for hydroxylation is 1. The number of carbonyl (C=O) groups excluding carboxylic acids is 1. The molecule has 2 amide bonds. The summed E-state index contributed by atoms with van der Waals surface area (Å²) in [6.45, 7) is 0. The lowest BCUT2D eigenvalue weighted by atomic mass is 10.2. The number of amides is 2. The van der Waals surface area contributed by atoms with Crippen molar-refractivity contribution in [1.82, 2.24) is 24.2 Å². The van der Waals surface area contributed by atoms with Crippen molar-refractivity contribution in [3.05, 3.63) is 30.0 Å². The maximum absolute atomic E-state index is 12.9. The summed E-state index contributed by atoms with van der Waals surface area (Å²) < 4.78 is 38.4. The van der Waals surface area contributed by atoms with E-state index in [1.807, 2.05) is 0 Å². The molecule has 3 aromatic rings. The molecule has 0 aliphatic carbocycles. The third-order valence-corrected chi connectivity index (χ3v) is 5.35. The second kappa shape index (κ2) is 7.82. The maximum atomic E-state index is 12.9. The third-order valence-electron chi connectivity index (χ3n) is 3.94. The topological polar surface area (TPSA) is 175 Å². The van der Waals surface area contributed by atoms with Gasteiger partial charge in [-0.25, -0.2) is 22.7 Å². The second-order valence-corrected chi connectivity index (χ2v) is 7.37. The van der Waals surface area contributed by atoms with E-state index in [4.69, 9.17) is 9.47 Å². The molecule has 2 heterocycles. The lowest BCUT2D eigenvalue weighted by Crippen LogP contribution is -2.35. The van der Waals surface area contributed by atoms with Crippen molar-refractivity contribution in [2.45, 2.75) is 4.90 Å². The number of nitrogens with zero attached hydrogens (tertiary/aromatic N) is 4. The smallest absolute Gasteiger partial charge is 0.353 e. The minimum Gasteiger partial charge on any atom is -0.477 e. The minimum absolute atomic E-state index is 0.140. The summed E-state index contributed by atoms with van der Waals surface area (Å²) in [5.74, 6) is -1.82. The minimum atomic E-state index is -4.59. The summed E-state index contributed by atoms with van der Waals surface area (Å²) in [7, 11) is -0.629. The Morgan fingerprint density at radius 3 is 2.23 bits per heavy atom. The van der Waals surface area contributed by atoms with Crippen molar-refractivity contribution in [2.24, 2.45) is 7.05 Å². The van der Waals surface area contributed by atoms with Gasteiger partial charge in [-0.15, -0.1) is 4.98 Å². The Morgan fingerprint density at radius 2 is 1.67 bits per heavy atom. The average Bonchev–Trinajstić information content (AvgIpc) is 3.01. The molecule has 0 unspecified atom stereocenters. The van der Waals surface area contributed by atoms with Gasteiger partial charge < -0.3 is 19.1 Å². The van der Waals surface area contributed by atoms with Gasteiger partial charge in [-0.2, -0.15) is 9.97 Å². The van der Waals surface area contributed by atoms with E-state index in [1.165, 1.54) is 31.9 Å². The molecule has 158 valence electrons. The fraction of sp³-hybridized carbons (Fsp3) is 0.188. The quantitative estimate of drug-likeness (QED) is 0.496. The lowest BCUT2D eigenvalue weighted by Gasteiger charge is -2.09. The van der Waals surface area contributed by atoms with Crippen molar-refractivity contribution in [3.8, 4) is 12.0 Å². The van der Waals surface area contributed by atoms with E-state index in [2.05, 4.69) is 20.3 Å². The van der Waals surface area contributed by atoms with Gasteiger partial charge in [0.25, 0.3) is 10.0 Å². The fourth-order valence-corrected chi connectivity index (χ4v) is 4.09. The van der Waals surface area contributed by atoms with E-state index in [-0.39, 0.29) is 23.4 Å². The number of rotatable bonds is 6. The molecule has 0 bridgehead atoms. The van der Waals surface area contributed by atoms with Crippen LogP contribution >= 0.6 is 0 Å². The number of aromatic carboxylic acids is 1. The number of carbonyl (C=O) groups is 2. The Balaban J connectivity index is 1.97. The number of carboxylic acid groups (broad SMARTS) is 1. The highest BCUT2D eigenvalue weighted by Gasteiger charge is 2.31. The molecule has 0 fully saturated rings. The first-order valence-electron chi connectivity index (χ1n) is 8.16. The SMILES string of the molecule is COc1nc(NC(=O)NS(=O)(=O)c2c(C(=O)O)n(C)c3ccccc23)nc(OC)n1. The summed E-state index contributed by atoms with van der Waals surface area (Å²) >= 11 is 0. The molecule has 0 spiro atoms. The monoisotopic (exact) mass is 436 g/mol. The number of urea groups is 1. The van der Waals surface area contributed by atoms with E-state index in [0.29, 0.717) is 5.52 Å². The molecule has 0 aliphatic heterocycles. The van der Waals surface area contributed by atoms with Gasteiger partial charge in [0.1, 0.15) is 10.6 Å². The van der Waals surface area contributed by atoms with Crippen LogP contribution in [0.4, 0.5) is 10.7 Å². The van der Waals surface area contributed by atoms with Crippen LogP contribution in [0.3, 0.4) is 0 Å². The van der Waals surface area contributed by atoms with Crippen molar-refractivity contribution in [3.63, 3.8) is 0 Å². The number of aromatic nitrogens is 4. The predicted molar refractivity (Wildman–Crippen MR) is 102 cm³/mol. The predicted octanol–water partition coefficient (Wildman–Crippen LogP) is 0.589. The van der Waals surface area contributed by atoms with Gasteiger partial charge in [0.05, 0.1) is 14.2 Å². The first-order valence-corrected chi connectivity index (χ1v) is 9.64. The number of sulfonamides is 1. The highest BCUT2D eigenvalue weighted by Crippen LogP contribution is 2.29. The molecule has 2 aromatic heterocycles. The molecule has 3 rings (SSSR count). The van der Waals surface area contributed by atoms with Crippen molar-refractivity contribution in [2.75, 3.05) is 19.5 Å². The highest BCUT2D eigenvalue weighted by atomic mass is 32.2. The number of hydrogen-bond donors (Lipinski definition) is 3. The Kier molecular flexibility index (Phi) is 5.42.